The van der Waals surface area contributed by atoms with E-state index < -0.39 is 0 Å². The van der Waals surface area contributed by atoms with Gasteiger partial charge in [-0.25, -0.2) is 4.98 Å². The summed E-state index contributed by atoms with van der Waals surface area (Å²) in [5, 5.41) is 9.29. The minimum atomic E-state index is -0.142. The predicted octanol–water partition coefficient (Wildman–Crippen LogP) is 0.712. The molecule has 68 valence electrons. The summed E-state index contributed by atoms with van der Waals surface area (Å²) in [6.45, 7) is 0.257. The summed E-state index contributed by atoms with van der Waals surface area (Å²) in [4.78, 5) is 4.07. The van der Waals surface area contributed by atoms with Crippen LogP contribution in [0.4, 0.5) is 0 Å². The fourth-order valence-corrected chi connectivity index (χ4v) is 1.14. The molecule has 0 bridgehead atoms. The molecule has 0 saturated heterocycles. The second-order valence-corrected chi connectivity index (χ2v) is 2.77. The van der Waals surface area contributed by atoms with Gasteiger partial charge in [0.15, 0.2) is 0 Å². The molecule has 1 heterocycles. The van der Waals surface area contributed by atoms with E-state index in [-0.39, 0.29) is 6.61 Å². The first-order valence-electron chi connectivity index (χ1n) is 3.50. The number of aliphatic hydroxyl groups excluding tert-OH is 1. The highest BCUT2D eigenvalue weighted by Crippen LogP contribution is 2.16. The minimum Gasteiger partial charge on any atom is -0.390 e. The van der Waals surface area contributed by atoms with Gasteiger partial charge in [-0.05, 0) is 0 Å². The monoisotopic (exact) mass is 190 g/mol. The third-order valence-corrected chi connectivity index (χ3v) is 2.08. The van der Waals surface area contributed by atoms with Gasteiger partial charge in [0.05, 0.1) is 6.61 Å². The third-order valence-electron chi connectivity index (χ3n) is 1.61. The van der Waals surface area contributed by atoms with Crippen molar-refractivity contribution in [2.45, 2.75) is 13.2 Å². The minimum absolute atomic E-state index is 0.142. The lowest BCUT2D eigenvalue weighted by molar-refractivity contribution is 0.175. The Balaban J connectivity index is 2.98. The van der Waals surface area contributed by atoms with E-state index in [1.54, 1.807) is 18.7 Å². The summed E-state index contributed by atoms with van der Waals surface area (Å²) in [6, 6.07) is 0. The highest BCUT2D eigenvalue weighted by atomic mass is 35.5. The van der Waals surface area contributed by atoms with Gasteiger partial charge < -0.3 is 14.4 Å². The zero-order valence-electron chi connectivity index (χ0n) is 7.04. The summed E-state index contributed by atoms with van der Waals surface area (Å²) >= 11 is 5.83. The van der Waals surface area contributed by atoms with Crippen LogP contribution in [0.5, 0.6) is 0 Å². The van der Waals surface area contributed by atoms with Crippen LogP contribution >= 0.6 is 11.6 Å². The molecule has 0 unspecified atom stereocenters. The van der Waals surface area contributed by atoms with Crippen molar-refractivity contribution in [3.8, 4) is 0 Å². The van der Waals surface area contributed by atoms with Crippen LogP contribution in [0.15, 0.2) is 0 Å². The number of hydrogen-bond donors (Lipinski definition) is 1. The van der Waals surface area contributed by atoms with Gasteiger partial charge in [-0.3, -0.25) is 0 Å². The summed E-state index contributed by atoms with van der Waals surface area (Å²) in [6.07, 6.45) is 0. The number of hydrogen-bond acceptors (Lipinski definition) is 3. The maximum atomic E-state index is 8.82. The Morgan fingerprint density at radius 1 is 1.67 bits per heavy atom. The molecular formula is C7H11ClN2O2. The van der Waals surface area contributed by atoms with Crippen molar-refractivity contribution >= 4 is 11.6 Å². The van der Waals surface area contributed by atoms with Crippen LogP contribution in [-0.2, 0) is 25.0 Å². The smallest absolute Gasteiger partial charge is 0.136 e. The van der Waals surface area contributed by atoms with Crippen LogP contribution in [0, 0.1) is 0 Å². The molecular weight excluding hydrogens is 180 g/mol. The van der Waals surface area contributed by atoms with Crippen LogP contribution in [-0.4, -0.2) is 21.8 Å². The maximum absolute atomic E-state index is 8.82. The highest BCUT2D eigenvalue weighted by molar-refractivity contribution is 6.30. The van der Waals surface area contributed by atoms with Crippen LogP contribution in [0.25, 0.3) is 0 Å². The molecule has 1 rings (SSSR count). The predicted molar refractivity (Wildman–Crippen MR) is 44.9 cm³/mol. The average Bonchev–Trinajstić information content (AvgIpc) is 2.33. The number of rotatable bonds is 3. The average molecular weight is 191 g/mol. The molecule has 0 radical (unpaired) electrons. The molecule has 0 aliphatic carbocycles. The van der Waals surface area contributed by atoms with Gasteiger partial charge >= 0.3 is 0 Å². The lowest BCUT2D eigenvalue weighted by Crippen LogP contribution is -1.98. The molecule has 0 fully saturated rings. The molecule has 1 aromatic heterocycles. The van der Waals surface area contributed by atoms with E-state index in [1.165, 1.54) is 0 Å². The Morgan fingerprint density at radius 2 is 2.33 bits per heavy atom. The number of methoxy groups -OCH3 is 1. The second-order valence-electron chi connectivity index (χ2n) is 2.42. The van der Waals surface area contributed by atoms with Gasteiger partial charge in [-0.15, -0.1) is 0 Å². The first-order valence-corrected chi connectivity index (χ1v) is 3.88. The van der Waals surface area contributed by atoms with Gasteiger partial charge in [0.2, 0.25) is 0 Å². The molecule has 1 aromatic rings. The summed E-state index contributed by atoms with van der Waals surface area (Å²) in [5.74, 6) is 0.714. The molecule has 1 N–H and O–H groups in total. The number of aliphatic hydroxyl groups is 1. The van der Waals surface area contributed by atoms with Gasteiger partial charge in [-0.2, -0.15) is 0 Å². The van der Waals surface area contributed by atoms with Crippen molar-refractivity contribution in [3.05, 3.63) is 16.7 Å². The SMILES string of the molecule is COCc1nc(CO)c(Cl)n1C. The van der Waals surface area contributed by atoms with Crippen molar-refractivity contribution in [3.63, 3.8) is 0 Å². The van der Waals surface area contributed by atoms with E-state index in [1.807, 2.05) is 0 Å². The molecule has 0 atom stereocenters. The molecule has 4 nitrogen and oxygen atoms in total. The molecule has 0 aromatic carbocycles. The van der Waals surface area contributed by atoms with Gasteiger partial charge in [0.25, 0.3) is 0 Å². The van der Waals surface area contributed by atoms with E-state index >= 15 is 0 Å². The van der Waals surface area contributed by atoms with Gasteiger partial charge in [0, 0.05) is 14.2 Å². The third kappa shape index (κ3) is 1.60. The Labute approximate surface area is 75.7 Å². The van der Waals surface area contributed by atoms with Crippen LogP contribution in [0.1, 0.15) is 11.5 Å². The number of imidazole rings is 1. The first kappa shape index (κ1) is 9.51. The zero-order valence-corrected chi connectivity index (χ0v) is 7.80. The van der Waals surface area contributed by atoms with Crippen LogP contribution < -0.4 is 0 Å². The summed E-state index contributed by atoms with van der Waals surface area (Å²) in [7, 11) is 3.37. The largest absolute Gasteiger partial charge is 0.390 e. The molecule has 0 aliphatic rings. The van der Waals surface area contributed by atoms with E-state index in [2.05, 4.69) is 4.98 Å². The zero-order chi connectivity index (χ0) is 9.14. The number of ether oxygens (including phenoxy) is 1. The van der Waals surface area contributed by atoms with Crippen molar-refractivity contribution < 1.29 is 9.84 Å². The number of nitrogens with zero attached hydrogens (tertiary/aromatic N) is 2. The summed E-state index contributed by atoms with van der Waals surface area (Å²) in [5.41, 5.74) is 0.492. The Bertz CT molecular complexity index is 273. The van der Waals surface area contributed by atoms with Crippen molar-refractivity contribution in [2.75, 3.05) is 7.11 Å². The van der Waals surface area contributed by atoms with Gasteiger partial charge in [-0.1, -0.05) is 11.6 Å². The summed E-state index contributed by atoms with van der Waals surface area (Å²) < 4.78 is 6.59. The van der Waals surface area contributed by atoms with Crippen LogP contribution in [0.3, 0.4) is 0 Å². The molecule has 0 amide bonds. The van der Waals surface area contributed by atoms with E-state index in [9.17, 15) is 0 Å². The fourth-order valence-electron chi connectivity index (χ4n) is 0.943. The van der Waals surface area contributed by atoms with Crippen molar-refractivity contribution in [1.29, 1.82) is 0 Å². The quantitative estimate of drug-likeness (QED) is 0.764. The Hall–Kier alpha value is -0.580. The van der Waals surface area contributed by atoms with Gasteiger partial charge in [0.1, 0.15) is 23.3 Å². The van der Waals surface area contributed by atoms with E-state index in [4.69, 9.17) is 21.4 Å². The Kier molecular flexibility index (Phi) is 3.08. The first-order chi connectivity index (χ1) is 5.70. The molecule has 0 saturated carbocycles. The van der Waals surface area contributed by atoms with Crippen molar-refractivity contribution in [2.24, 2.45) is 7.05 Å². The topological polar surface area (TPSA) is 47.3 Å². The van der Waals surface area contributed by atoms with E-state index in [0.717, 1.165) is 0 Å². The molecule has 5 heteroatoms. The van der Waals surface area contributed by atoms with Crippen LogP contribution in [0.2, 0.25) is 5.15 Å². The molecule has 0 spiro atoms. The second kappa shape index (κ2) is 3.89. The lowest BCUT2D eigenvalue weighted by Gasteiger charge is -1.99. The molecule has 12 heavy (non-hydrogen) atoms. The lowest BCUT2D eigenvalue weighted by atomic mass is 10.5. The Morgan fingerprint density at radius 3 is 2.75 bits per heavy atom. The maximum Gasteiger partial charge on any atom is 0.136 e. The number of aromatic nitrogens is 2. The standard InChI is InChI=1S/C7H11ClN2O2/c1-10-6(4-12-2)9-5(3-11)7(10)8/h11H,3-4H2,1-2H3. The normalized spacial score (nSPS) is 10.7. The van der Waals surface area contributed by atoms with E-state index in [0.29, 0.717) is 23.3 Å². The fraction of sp³-hybridized carbons (Fsp3) is 0.571. The molecule has 0 aliphatic heterocycles. The van der Waals surface area contributed by atoms with Crippen molar-refractivity contribution in [1.82, 2.24) is 9.55 Å². The number of halogens is 1. The highest BCUT2D eigenvalue weighted by Gasteiger charge is 2.10.